The van der Waals surface area contributed by atoms with Crippen molar-refractivity contribution in [3.05, 3.63) is 55.6 Å². The first kappa shape index (κ1) is 13.3. The van der Waals surface area contributed by atoms with Gasteiger partial charge in [0.1, 0.15) is 0 Å². The Bertz CT molecular complexity index is 597. The second-order valence-corrected chi connectivity index (χ2v) is 6.28. The van der Waals surface area contributed by atoms with Gasteiger partial charge in [-0.05, 0) is 46.3 Å². The maximum atomic E-state index is 11.7. The van der Waals surface area contributed by atoms with Crippen molar-refractivity contribution in [2.24, 2.45) is 5.10 Å². The number of nitrogens with one attached hydrogen (secondary N) is 1. The average molecular weight is 344 g/mol. The molecule has 0 saturated carbocycles. The Morgan fingerprint density at radius 2 is 2.22 bits per heavy atom. The van der Waals surface area contributed by atoms with E-state index in [1.54, 1.807) is 30.5 Å². The van der Waals surface area contributed by atoms with Crippen molar-refractivity contribution in [1.82, 2.24) is 5.43 Å². The summed E-state index contributed by atoms with van der Waals surface area (Å²) in [7, 11) is 0. The van der Waals surface area contributed by atoms with Crippen LogP contribution in [0.15, 0.2) is 45.3 Å². The van der Waals surface area contributed by atoms with Gasteiger partial charge in [-0.2, -0.15) is 5.10 Å². The zero-order valence-electron chi connectivity index (χ0n) is 9.06. The third-order valence-corrected chi connectivity index (χ3v) is 3.83. The highest BCUT2D eigenvalue weighted by Crippen LogP contribution is 2.20. The van der Waals surface area contributed by atoms with Gasteiger partial charge in [-0.3, -0.25) is 4.79 Å². The number of hydrazone groups is 1. The first-order valence-electron chi connectivity index (χ1n) is 4.99. The molecular weight excluding hydrogens is 336 g/mol. The Kier molecular flexibility index (Phi) is 4.52. The van der Waals surface area contributed by atoms with Crippen LogP contribution in [0.3, 0.4) is 0 Å². The average Bonchev–Trinajstić information content (AvgIpc) is 2.75. The van der Waals surface area contributed by atoms with Crippen LogP contribution in [0.2, 0.25) is 5.02 Å². The summed E-state index contributed by atoms with van der Waals surface area (Å²) in [5.74, 6) is -0.288. The molecule has 2 aromatic rings. The van der Waals surface area contributed by atoms with E-state index in [-0.39, 0.29) is 5.91 Å². The van der Waals surface area contributed by atoms with Crippen LogP contribution in [0.5, 0.6) is 0 Å². The highest BCUT2D eigenvalue weighted by Gasteiger charge is 2.03. The maximum absolute atomic E-state index is 11.7. The fourth-order valence-corrected chi connectivity index (χ4v) is 2.73. The number of nitrogens with zero attached hydrogens (tertiary/aromatic N) is 1. The van der Waals surface area contributed by atoms with Crippen molar-refractivity contribution < 1.29 is 4.79 Å². The molecule has 3 nitrogen and oxygen atoms in total. The van der Waals surface area contributed by atoms with Gasteiger partial charge in [-0.25, -0.2) is 5.43 Å². The number of amides is 1. The predicted molar refractivity (Wildman–Crippen MR) is 78.5 cm³/mol. The van der Waals surface area contributed by atoms with Gasteiger partial charge in [-0.15, -0.1) is 11.3 Å². The monoisotopic (exact) mass is 342 g/mol. The molecule has 92 valence electrons. The fraction of sp³-hybridized carbons (Fsp3) is 0. The van der Waals surface area contributed by atoms with E-state index in [0.717, 1.165) is 8.66 Å². The van der Waals surface area contributed by atoms with Gasteiger partial charge in [0, 0.05) is 15.5 Å². The van der Waals surface area contributed by atoms with E-state index in [4.69, 9.17) is 11.6 Å². The Balaban J connectivity index is 1.98. The molecule has 0 fully saturated rings. The summed E-state index contributed by atoms with van der Waals surface area (Å²) in [4.78, 5) is 12.7. The summed E-state index contributed by atoms with van der Waals surface area (Å²) in [6.07, 6.45) is 1.60. The van der Waals surface area contributed by atoms with Gasteiger partial charge in [-0.1, -0.05) is 17.7 Å². The molecule has 0 saturated heterocycles. The lowest BCUT2D eigenvalue weighted by Crippen LogP contribution is -2.17. The lowest BCUT2D eigenvalue weighted by molar-refractivity contribution is 0.0955. The van der Waals surface area contributed by atoms with Crippen LogP contribution in [0, 0.1) is 0 Å². The quantitative estimate of drug-likeness (QED) is 0.666. The molecule has 0 radical (unpaired) electrons. The number of thiophene rings is 1. The number of carbonyl (C=O) groups excluding carboxylic acids is 1. The molecule has 0 bridgehead atoms. The van der Waals surface area contributed by atoms with E-state index in [2.05, 4.69) is 26.5 Å². The normalized spacial score (nSPS) is 10.8. The highest BCUT2D eigenvalue weighted by atomic mass is 79.9. The van der Waals surface area contributed by atoms with E-state index in [0.29, 0.717) is 10.6 Å². The molecule has 0 aliphatic carbocycles. The zero-order chi connectivity index (χ0) is 13.0. The van der Waals surface area contributed by atoms with Gasteiger partial charge in [0.25, 0.3) is 5.91 Å². The minimum Gasteiger partial charge on any atom is -0.267 e. The number of benzene rings is 1. The number of halogens is 2. The van der Waals surface area contributed by atoms with Gasteiger partial charge in [0.2, 0.25) is 0 Å². The van der Waals surface area contributed by atoms with Gasteiger partial charge >= 0.3 is 0 Å². The maximum Gasteiger partial charge on any atom is 0.271 e. The summed E-state index contributed by atoms with van der Waals surface area (Å²) in [5, 5.41) is 4.40. The Morgan fingerprint density at radius 1 is 1.39 bits per heavy atom. The topological polar surface area (TPSA) is 41.5 Å². The number of hydrogen-bond donors (Lipinski definition) is 1. The molecule has 2 rings (SSSR count). The fourth-order valence-electron chi connectivity index (χ4n) is 1.25. The minimum absolute atomic E-state index is 0.288. The van der Waals surface area contributed by atoms with Crippen molar-refractivity contribution in [3.63, 3.8) is 0 Å². The van der Waals surface area contributed by atoms with Crippen molar-refractivity contribution >= 4 is 51.0 Å². The Hall–Kier alpha value is -1.17. The number of carbonyl (C=O) groups is 1. The Labute approximate surface area is 122 Å². The van der Waals surface area contributed by atoms with Gasteiger partial charge in [0.15, 0.2) is 0 Å². The van der Waals surface area contributed by atoms with E-state index in [1.807, 2.05) is 12.1 Å². The number of rotatable bonds is 3. The van der Waals surface area contributed by atoms with Crippen LogP contribution in [0.25, 0.3) is 0 Å². The lowest BCUT2D eigenvalue weighted by atomic mass is 10.2. The summed E-state index contributed by atoms with van der Waals surface area (Å²) in [6, 6.07) is 10.5. The van der Waals surface area contributed by atoms with Crippen LogP contribution >= 0.6 is 38.9 Å². The molecule has 1 heterocycles. The smallest absolute Gasteiger partial charge is 0.267 e. The van der Waals surface area contributed by atoms with E-state index in [9.17, 15) is 4.79 Å². The first-order valence-corrected chi connectivity index (χ1v) is 6.98. The molecule has 6 heteroatoms. The summed E-state index contributed by atoms with van der Waals surface area (Å²) < 4.78 is 1.02. The van der Waals surface area contributed by atoms with Crippen LogP contribution in [0.1, 0.15) is 15.2 Å². The van der Waals surface area contributed by atoms with E-state index in [1.165, 1.54) is 11.3 Å². The molecule has 18 heavy (non-hydrogen) atoms. The molecule has 0 aliphatic rings. The van der Waals surface area contributed by atoms with Crippen molar-refractivity contribution in [2.45, 2.75) is 0 Å². The molecule has 1 aromatic heterocycles. The molecule has 0 atom stereocenters. The third kappa shape index (κ3) is 3.66. The second kappa shape index (κ2) is 6.13. The summed E-state index contributed by atoms with van der Waals surface area (Å²) in [5.41, 5.74) is 2.93. The molecule has 0 spiro atoms. The molecule has 0 aliphatic heterocycles. The molecule has 1 amide bonds. The minimum atomic E-state index is -0.288. The predicted octanol–water partition coefficient (Wildman–Crippen LogP) is 3.93. The van der Waals surface area contributed by atoms with E-state index < -0.39 is 0 Å². The van der Waals surface area contributed by atoms with Crippen LogP contribution in [0.4, 0.5) is 0 Å². The largest absolute Gasteiger partial charge is 0.271 e. The summed E-state index contributed by atoms with van der Waals surface area (Å²) >= 11 is 10.7. The first-order chi connectivity index (χ1) is 8.65. The van der Waals surface area contributed by atoms with Crippen LogP contribution < -0.4 is 5.43 Å². The van der Waals surface area contributed by atoms with Crippen molar-refractivity contribution in [1.29, 1.82) is 0 Å². The van der Waals surface area contributed by atoms with Crippen molar-refractivity contribution in [3.8, 4) is 0 Å². The summed E-state index contributed by atoms with van der Waals surface area (Å²) in [6.45, 7) is 0. The molecule has 1 aromatic carbocycles. The highest BCUT2D eigenvalue weighted by molar-refractivity contribution is 9.11. The van der Waals surface area contributed by atoms with Crippen LogP contribution in [-0.4, -0.2) is 12.1 Å². The van der Waals surface area contributed by atoms with Gasteiger partial charge in [0.05, 0.1) is 10.0 Å². The SMILES string of the molecule is O=C(N/N=C\c1ccc(Br)s1)c1cccc(Cl)c1. The standard InChI is InChI=1S/C12H8BrClN2OS/c13-11-5-4-10(18-11)7-15-16-12(17)8-2-1-3-9(14)6-8/h1-7H,(H,16,17)/b15-7-. The molecule has 0 unspecified atom stereocenters. The van der Waals surface area contributed by atoms with Crippen LogP contribution in [-0.2, 0) is 0 Å². The zero-order valence-corrected chi connectivity index (χ0v) is 12.2. The lowest BCUT2D eigenvalue weighted by Gasteiger charge is -1.99. The molecular formula is C12H8BrClN2OS. The third-order valence-electron chi connectivity index (χ3n) is 2.04. The number of hydrogen-bond acceptors (Lipinski definition) is 3. The van der Waals surface area contributed by atoms with Gasteiger partial charge < -0.3 is 0 Å². The van der Waals surface area contributed by atoms with Crippen molar-refractivity contribution in [2.75, 3.05) is 0 Å². The van der Waals surface area contributed by atoms with E-state index >= 15 is 0 Å². The molecule has 1 N–H and O–H groups in total. The Morgan fingerprint density at radius 3 is 2.89 bits per heavy atom. The second-order valence-electron chi connectivity index (χ2n) is 3.35.